The average molecular weight is 264 g/mol. The maximum Gasteiger partial charge on any atom is 0.231 e. The lowest BCUT2D eigenvalue weighted by Gasteiger charge is -2.62. The number of carbonyl (C=O) groups excluding carboxylic acids is 1. The standard InChI is InChI=1S/C15H24N2O2/c18-15-12-9-11(13-5-1-3-7-16(13)15)10-17(19)8-4-2-6-14(12)17/h11-14H,1-10H2/t11-,12+,13-,14+,17+/m0/s1. The minimum Gasteiger partial charge on any atom is -0.633 e. The molecule has 0 aromatic rings. The van der Waals surface area contributed by atoms with E-state index in [0.29, 0.717) is 17.9 Å². The van der Waals surface area contributed by atoms with E-state index in [-0.39, 0.29) is 16.6 Å². The van der Waals surface area contributed by atoms with Crippen LogP contribution in [-0.4, -0.2) is 47.2 Å². The van der Waals surface area contributed by atoms with Crippen LogP contribution in [0.2, 0.25) is 0 Å². The molecule has 106 valence electrons. The van der Waals surface area contributed by atoms with Gasteiger partial charge >= 0.3 is 0 Å². The number of quaternary nitrogens is 1. The normalized spacial score (nSPS) is 49.5. The van der Waals surface area contributed by atoms with Crippen molar-refractivity contribution in [2.75, 3.05) is 19.6 Å². The molecule has 4 aliphatic heterocycles. The summed E-state index contributed by atoms with van der Waals surface area (Å²) in [6.07, 6.45) is 7.71. The predicted octanol–water partition coefficient (Wildman–Crippen LogP) is 1.88. The van der Waals surface area contributed by atoms with Crippen molar-refractivity contribution >= 4 is 5.91 Å². The zero-order valence-corrected chi connectivity index (χ0v) is 11.6. The molecule has 4 heterocycles. The highest BCUT2D eigenvalue weighted by molar-refractivity contribution is 5.81. The summed E-state index contributed by atoms with van der Waals surface area (Å²) in [4.78, 5) is 14.9. The molecule has 0 spiro atoms. The number of amides is 1. The monoisotopic (exact) mass is 264 g/mol. The van der Waals surface area contributed by atoms with Gasteiger partial charge in [-0.3, -0.25) is 4.79 Å². The fourth-order valence-corrected chi connectivity index (χ4v) is 5.32. The van der Waals surface area contributed by atoms with Crippen LogP contribution in [-0.2, 0) is 4.79 Å². The first-order valence-electron chi connectivity index (χ1n) is 8.07. The summed E-state index contributed by atoms with van der Waals surface area (Å²) in [6, 6.07) is 0.477. The van der Waals surface area contributed by atoms with Crippen LogP contribution in [0.4, 0.5) is 0 Å². The van der Waals surface area contributed by atoms with Crippen LogP contribution < -0.4 is 0 Å². The molecule has 2 bridgehead atoms. The van der Waals surface area contributed by atoms with Crippen LogP contribution in [0.3, 0.4) is 0 Å². The van der Waals surface area contributed by atoms with E-state index >= 15 is 0 Å². The van der Waals surface area contributed by atoms with Gasteiger partial charge in [0.1, 0.15) is 6.04 Å². The van der Waals surface area contributed by atoms with Crippen molar-refractivity contribution in [1.29, 1.82) is 0 Å². The molecule has 0 aromatic carbocycles. The van der Waals surface area contributed by atoms with Crippen molar-refractivity contribution in [3.8, 4) is 0 Å². The van der Waals surface area contributed by atoms with Gasteiger partial charge in [-0.05, 0) is 38.5 Å². The minimum absolute atomic E-state index is 0.0363. The fraction of sp³-hybridized carbons (Fsp3) is 0.933. The van der Waals surface area contributed by atoms with Crippen molar-refractivity contribution < 1.29 is 9.44 Å². The number of hydroxylamine groups is 3. The van der Waals surface area contributed by atoms with Gasteiger partial charge in [-0.25, -0.2) is 0 Å². The molecular weight excluding hydrogens is 240 g/mol. The third-order valence-corrected chi connectivity index (χ3v) is 6.15. The van der Waals surface area contributed by atoms with Crippen molar-refractivity contribution in [1.82, 2.24) is 4.90 Å². The molecule has 4 rings (SSSR count). The average Bonchev–Trinajstić information content (AvgIpc) is 2.43. The molecule has 19 heavy (non-hydrogen) atoms. The Bertz CT molecular complexity index is 400. The summed E-state index contributed by atoms with van der Waals surface area (Å²) in [5.41, 5.74) is 0. The highest BCUT2D eigenvalue weighted by atomic mass is 16.5. The molecular formula is C15H24N2O2. The second kappa shape index (κ2) is 4.19. The number of fused-ring (bicyclic) bond motifs is 6. The Morgan fingerprint density at radius 3 is 2.89 bits per heavy atom. The van der Waals surface area contributed by atoms with Gasteiger partial charge in [0.05, 0.1) is 19.0 Å². The van der Waals surface area contributed by atoms with Gasteiger partial charge < -0.3 is 14.8 Å². The van der Waals surface area contributed by atoms with Crippen LogP contribution in [0.5, 0.6) is 0 Å². The van der Waals surface area contributed by atoms with E-state index in [1.165, 1.54) is 6.42 Å². The number of nitrogens with zero attached hydrogens (tertiary/aromatic N) is 2. The Labute approximate surface area is 114 Å². The molecule has 4 heteroatoms. The maximum absolute atomic E-state index is 13.1. The molecule has 5 atom stereocenters. The third-order valence-electron chi connectivity index (χ3n) is 6.15. The predicted molar refractivity (Wildman–Crippen MR) is 71.9 cm³/mol. The SMILES string of the molecule is O=C1[C@@H]2C[C@@H](C[N@+]3([O-])CCCC[C@H]23)[C@@H]2CCCCN12. The summed E-state index contributed by atoms with van der Waals surface area (Å²) in [6.45, 7) is 2.50. The number of piperidine rings is 4. The largest absolute Gasteiger partial charge is 0.633 e. The van der Waals surface area contributed by atoms with Crippen LogP contribution in [0.1, 0.15) is 44.9 Å². The second-order valence-electron chi connectivity index (χ2n) is 7.12. The van der Waals surface area contributed by atoms with E-state index in [1.807, 2.05) is 0 Å². The zero-order valence-electron chi connectivity index (χ0n) is 11.6. The van der Waals surface area contributed by atoms with E-state index in [9.17, 15) is 10.0 Å². The van der Waals surface area contributed by atoms with Gasteiger partial charge in [0, 0.05) is 24.9 Å². The molecule has 1 amide bonds. The lowest BCUT2D eigenvalue weighted by Crippen LogP contribution is -2.70. The molecule has 4 aliphatic rings. The second-order valence-corrected chi connectivity index (χ2v) is 7.12. The topological polar surface area (TPSA) is 43.4 Å². The Balaban J connectivity index is 1.68. The van der Waals surface area contributed by atoms with E-state index in [2.05, 4.69) is 4.90 Å². The van der Waals surface area contributed by atoms with Crippen molar-refractivity contribution in [3.05, 3.63) is 5.21 Å². The van der Waals surface area contributed by atoms with E-state index in [0.717, 1.165) is 58.2 Å². The Hall–Kier alpha value is -0.610. The summed E-state index contributed by atoms with van der Waals surface area (Å²) in [5, 5.41) is 13.1. The summed E-state index contributed by atoms with van der Waals surface area (Å²) in [7, 11) is 0. The Kier molecular flexibility index (Phi) is 2.68. The highest BCUT2D eigenvalue weighted by Gasteiger charge is 2.55. The van der Waals surface area contributed by atoms with E-state index in [4.69, 9.17) is 0 Å². The summed E-state index contributed by atoms with van der Waals surface area (Å²) >= 11 is 0. The number of hydrogen-bond donors (Lipinski definition) is 0. The van der Waals surface area contributed by atoms with Gasteiger partial charge in [0.2, 0.25) is 5.91 Å². The Morgan fingerprint density at radius 2 is 2.00 bits per heavy atom. The Morgan fingerprint density at radius 1 is 1.16 bits per heavy atom. The van der Waals surface area contributed by atoms with Gasteiger partial charge in [-0.1, -0.05) is 0 Å². The van der Waals surface area contributed by atoms with E-state index < -0.39 is 0 Å². The molecule has 0 aromatic heterocycles. The molecule has 0 radical (unpaired) electrons. The maximum atomic E-state index is 13.1. The lowest BCUT2D eigenvalue weighted by atomic mass is 9.70. The van der Waals surface area contributed by atoms with Crippen LogP contribution >= 0.6 is 0 Å². The van der Waals surface area contributed by atoms with E-state index in [1.54, 1.807) is 0 Å². The van der Waals surface area contributed by atoms with Crippen LogP contribution in [0, 0.1) is 17.0 Å². The number of hydrogen-bond acceptors (Lipinski definition) is 2. The van der Waals surface area contributed by atoms with Crippen LogP contribution in [0.25, 0.3) is 0 Å². The fourth-order valence-electron chi connectivity index (χ4n) is 5.32. The molecule has 0 saturated carbocycles. The highest BCUT2D eigenvalue weighted by Crippen LogP contribution is 2.46. The third kappa shape index (κ3) is 1.69. The smallest absolute Gasteiger partial charge is 0.231 e. The van der Waals surface area contributed by atoms with Gasteiger partial charge in [0.15, 0.2) is 0 Å². The first-order valence-corrected chi connectivity index (χ1v) is 8.07. The van der Waals surface area contributed by atoms with Crippen molar-refractivity contribution in [2.45, 2.75) is 57.0 Å². The molecule has 0 aliphatic carbocycles. The first kappa shape index (κ1) is 12.2. The molecule has 0 unspecified atom stereocenters. The first-order chi connectivity index (χ1) is 9.19. The van der Waals surface area contributed by atoms with Gasteiger partial charge in [0.25, 0.3) is 0 Å². The summed E-state index contributed by atoms with van der Waals surface area (Å²) in [5.74, 6) is 0.853. The number of carbonyl (C=O) groups is 1. The minimum atomic E-state index is -0.0363. The van der Waals surface area contributed by atoms with Gasteiger partial charge in [-0.15, -0.1) is 0 Å². The zero-order chi connectivity index (χ0) is 13.0. The van der Waals surface area contributed by atoms with Crippen molar-refractivity contribution in [3.63, 3.8) is 0 Å². The molecule has 4 nitrogen and oxygen atoms in total. The molecule has 4 fully saturated rings. The molecule has 4 saturated heterocycles. The van der Waals surface area contributed by atoms with Crippen LogP contribution in [0.15, 0.2) is 0 Å². The van der Waals surface area contributed by atoms with Crippen molar-refractivity contribution in [2.24, 2.45) is 11.8 Å². The van der Waals surface area contributed by atoms with Gasteiger partial charge in [-0.2, -0.15) is 0 Å². The molecule has 0 N–H and O–H groups in total. The number of rotatable bonds is 0. The quantitative estimate of drug-likeness (QED) is 0.495. The summed E-state index contributed by atoms with van der Waals surface area (Å²) < 4.78 is -0.0363. The lowest BCUT2D eigenvalue weighted by molar-refractivity contribution is -0.923.